The Balaban J connectivity index is 2.46. The fraction of sp³-hybridized carbons (Fsp3) is 1.00. The van der Waals surface area contributed by atoms with Crippen molar-refractivity contribution in [1.82, 2.24) is 9.80 Å². The summed E-state index contributed by atoms with van der Waals surface area (Å²) in [6, 6.07) is 0. The summed E-state index contributed by atoms with van der Waals surface area (Å²) in [4.78, 5) is 5.05. The number of nitrogens with zero attached hydrogens (tertiary/aromatic N) is 2. The molecule has 0 bridgehead atoms. The summed E-state index contributed by atoms with van der Waals surface area (Å²) in [5.41, 5.74) is 0.354. The average molecular weight is 184 g/mol. The second kappa shape index (κ2) is 3.97. The summed E-state index contributed by atoms with van der Waals surface area (Å²) in [5.74, 6) is 0.791. The molecule has 0 N–H and O–H groups in total. The lowest BCUT2D eigenvalue weighted by Gasteiger charge is -2.45. The fourth-order valence-corrected chi connectivity index (χ4v) is 2.01. The molecule has 1 aliphatic rings. The van der Waals surface area contributed by atoms with Crippen LogP contribution in [0.2, 0.25) is 0 Å². The number of hydrogen-bond acceptors (Lipinski definition) is 2. The van der Waals surface area contributed by atoms with Crippen LogP contribution in [0.4, 0.5) is 0 Å². The van der Waals surface area contributed by atoms with Gasteiger partial charge >= 0.3 is 0 Å². The van der Waals surface area contributed by atoms with Crippen molar-refractivity contribution in [2.24, 2.45) is 5.92 Å². The highest BCUT2D eigenvalue weighted by molar-refractivity contribution is 4.88. The third-order valence-corrected chi connectivity index (χ3v) is 3.02. The highest BCUT2D eigenvalue weighted by Gasteiger charge is 2.30. The zero-order valence-electron chi connectivity index (χ0n) is 9.80. The molecular weight excluding hydrogens is 160 g/mol. The second-order valence-electron chi connectivity index (χ2n) is 5.36. The molecule has 1 rings (SSSR count). The Morgan fingerprint density at radius 2 is 1.85 bits per heavy atom. The van der Waals surface area contributed by atoms with Crippen LogP contribution in [0.15, 0.2) is 0 Å². The molecule has 1 fully saturated rings. The van der Waals surface area contributed by atoms with Gasteiger partial charge in [-0.1, -0.05) is 13.8 Å². The van der Waals surface area contributed by atoms with Crippen LogP contribution in [0.1, 0.15) is 27.7 Å². The monoisotopic (exact) mass is 184 g/mol. The first kappa shape index (κ1) is 11.0. The molecule has 13 heavy (non-hydrogen) atoms. The summed E-state index contributed by atoms with van der Waals surface area (Å²) >= 11 is 0. The summed E-state index contributed by atoms with van der Waals surface area (Å²) in [7, 11) is 2.23. The van der Waals surface area contributed by atoms with Crippen molar-refractivity contribution in [1.29, 1.82) is 0 Å². The van der Waals surface area contributed by atoms with Crippen LogP contribution in [0.5, 0.6) is 0 Å². The van der Waals surface area contributed by atoms with Gasteiger partial charge in [-0.2, -0.15) is 0 Å². The van der Waals surface area contributed by atoms with E-state index in [0.29, 0.717) is 5.54 Å². The zero-order chi connectivity index (χ0) is 10.1. The Hall–Kier alpha value is -0.0800. The van der Waals surface area contributed by atoms with E-state index in [1.54, 1.807) is 0 Å². The SMILES string of the molecule is CC(C)CN1CCN(C)C(C)(C)C1. The van der Waals surface area contributed by atoms with Crippen LogP contribution in [0.25, 0.3) is 0 Å². The maximum atomic E-state index is 2.59. The minimum Gasteiger partial charge on any atom is -0.300 e. The standard InChI is InChI=1S/C11H24N2/c1-10(2)8-13-7-6-12(5)11(3,4)9-13/h10H,6-9H2,1-5H3. The molecule has 0 saturated carbocycles. The molecule has 0 radical (unpaired) electrons. The summed E-state index contributed by atoms with van der Waals surface area (Å²) < 4.78 is 0. The van der Waals surface area contributed by atoms with Crippen LogP contribution in [0, 0.1) is 5.92 Å². The van der Waals surface area contributed by atoms with E-state index in [-0.39, 0.29) is 0 Å². The van der Waals surface area contributed by atoms with Crippen molar-refractivity contribution < 1.29 is 0 Å². The number of likely N-dealkylation sites (N-methyl/N-ethyl adjacent to an activating group) is 1. The largest absolute Gasteiger partial charge is 0.300 e. The van der Waals surface area contributed by atoms with Gasteiger partial charge in [0.15, 0.2) is 0 Å². The first-order chi connectivity index (χ1) is 5.92. The molecule has 1 aliphatic heterocycles. The second-order valence-corrected chi connectivity index (χ2v) is 5.36. The van der Waals surface area contributed by atoms with E-state index in [9.17, 15) is 0 Å². The molecule has 0 aromatic carbocycles. The van der Waals surface area contributed by atoms with Gasteiger partial charge in [0.25, 0.3) is 0 Å². The smallest absolute Gasteiger partial charge is 0.0277 e. The molecule has 0 aromatic heterocycles. The minimum absolute atomic E-state index is 0.354. The molecular formula is C11H24N2. The van der Waals surface area contributed by atoms with Crippen LogP contribution in [-0.4, -0.2) is 48.6 Å². The first-order valence-electron chi connectivity index (χ1n) is 5.35. The van der Waals surface area contributed by atoms with Crippen molar-refractivity contribution in [3.63, 3.8) is 0 Å². The molecule has 0 aliphatic carbocycles. The minimum atomic E-state index is 0.354. The summed E-state index contributed by atoms with van der Waals surface area (Å²) in [6.07, 6.45) is 0. The van der Waals surface area contributed by atoms with Gasteiger partial charge in [-0.15, -0.1) is 0 Å². The van der Waals surface area contributed by atoms with E-state index >= 15 is 0 Å². The molecule has 0 aromatic rings. The number of rotatable bonds is 2. The Bertz CT molecular complexity index is 163. The van der Waals surface area contributed by atoms with E-state index in [2.05, 4.69) is 44.5 Å². The first-order valence-corrected chi connectivity index (χ1v) is 5.35. The fourth-order valence-electron chi connectivity index (χ4n) is 2.01. The quantitative estimate of drug-likeness (QED) is 0.644. The highest BCUT2D eigenvalue weighted by Crippen LogP contribution is 2.19. The topological polar surface area (TPSA) is 6.48 Å². The van der Waals surface area contributed by atoms with Crippen molar-refractivity contribution in [3.8, 4) is 0 Å². The van der Waals surface area contributed by atoms with E-state index in [0.717, 1.165) is 5.92 Å². The molecule has 78 valence electrons. The molecule has 2 nitrogen and oxygen atoms in total. The van der Waals surface area contributed by atoms with E-state index in [4.69, 9.17) is 0 Å². The lowest BCUT2D eigenvalue weighted by molar-refractivity contribution is 0.0345. The Labute approximate surface area is 82.9 Å². The van der Waals surface area contributed by atoms with Gasteiger partial charge in [-0.25, -0.2) is 0 Å². The van der Waals surface area contributed by atoms with Crippen molar-refractivity contribution in [2.45, 2.75) is 33.2 Å². The van der Waals surface area contributed by atoms with Crippen LogP contribution >= 0.6 is 0 Å². The van der Waals surface area contributed by atoms with Gasteiger partial charge in [-0.3, -0.25) is 9.80 Å². The average Bonchev–Trinajstić information content (AvgIpc) is 1.95. The van der Waals surface area contributed by atoms with Gasteiger partial charge in [-0.05, 0) is 26.8 Å². The number of hydrogen-bond donors (Lipinski definition) is 0. The molecule has 2 heteroatoms. The molecule has 0 unspecified atom stereocenters. The third kappa shape index (κ3) is 2.96. The van der Waals surface area contributed by atoms with Crippen LogP contribution in [-0.2, 0) is 0 Å². The van der Waals surface area contributed by atoms with Crippen LogP contribution in [0.3, 0.4) is 0 Å². The Kier molecular flexibility index (Phi) is 3.36. The van der Waals surface area contributed by atoms with Gasteiger partial charge in [0.2, 0.25) is 0 Å². The molecule has 1 heterocycles. The van der Waals surface area contributed by atoms with Gasteiger partial charge in [0.1, 0.15) is 0 Å². The Morgan fingerprint density at radius 3 is 2.31 bits per heavy atom. The van der Waals surface area contributed by atoms with E-state index < -0.39 is 0 Å². The third-order valence-electron chi connectivity index (χ3n) is 3.02. The van der Waals surface area contributed by atoms with Gasteiger partial charge in [0.05, 0.1) is 0 Å². The van der Waals surface area contributed by atoms with E-state index in [1.165, 1.54) is 26.2 Å². The van der Waals surface area contributed by atoms with Crippen molar-refractivity contribution in [2.75, 3.05) is 33.2 Å². The molecule has 1 saturated heterocycles. The predicted octanol–water partition coefficient (Wildman–Crippen LogP) is 1.67. The molecule has 0 spiro atoms. The van der Waals surface area contributed by atoms with E-state index in [1.807, 2.05) is 0 Å². The lowest BCUT2D eigenvalue weighted by atomic mass is 9.99. The van der Waals surface area contributed by atoms with Crippen molar-refractivity contribution in [3.05, 3.63) is 0 Å². The van der Waals surface area contributed by atoms with Gasteiger partial charge in [0, 0.05) is 31.7 Å². The van der Waals surface area contributed by atoms with Crippen molar-refractivity contribution >= 4 is 0 Å². The Morgan fingerprint density at radius 1 is 1.23 bits per heavy atom. The normalized spacial score (nSPS) is 25.4. The van der Waals surface area contributed by atoms with Gasteiger partial charge < -0.3 is 0 Å². The highest BCUT2D eigenvalue weighted by atomic mass is 15.3. The predicted molar refractivity (Wildman–Crippen MR) is 58.0 cm³/mol. The maximum absolute atomic E-state index is 2.59. The maximum Gasteiger partial charge on any atom is 0.0277 e. The molecule has 0 atom stereocenters. The summed E-state index contributed by atoms with van der Waals surface area (Å²) in [5, 5.41) is 0. The lowest BCUT2D eigenvalue weighted by Crippen LogP contribution is -2.58. The summed E-state index contributed by atoms with van der Waals surface area (Å²) in [6.45, 7) is 14.2. The number of piperazine rings is 1. The molecule has 0 amide bonds. The van der Waals surface area contributed by atoms with Crippen LogP contribution < -0.4 is 0 Å². The zero-order valence-corrected chi connectivity index (χ0v) is 9.80.